The largest absolute Gasteiger partial charge is 0.472 e. The van der Waals surface area contributed by atoms with Crippen LogP contribution in [0.3, 0.4) is 0 Å². The van der Waals surface area contributed by atoms with Gasteiger partial charge < -0.3 is 34.2 Å². The number of rotatable bonds is 66. The lowest BCUT2D eigenvalue weighted by Gasteiger charge is -2.21. The molecule has 0 aliphatic heterocycles. The number of allylic oxidation sites excluding steroid dienone is 26. The number of phosphoric ester groups is 2. The molecule has 0 aliphatic rings. The molecule has 95 heavy (non-hydrogen) atoms. The van der Waals surface area contributed by atoms with Gasteiger partial charge in [0.25, 0.3) is 0 Å². The van der Waals surface area contributed by atoms with Gasteiger partial charge in [0.2, 0.25) is 0 Å². The molecule has 5 atom stereocenters. The highest BCUT2D eigenvalue weighted by Crippen LogP contribution is 2.45. The Balaban J connectivity index is 4.75. The second-order valence-electron chi connectivity index (χ2n) is 23.2. The van der Waals surface area contributed by atoms with Crippen molar-refractivity contribution in [2.24, 2.45) is 0 Å². The van der Waals surface area contributed by atoms with Gasteiger partial charge in [-0.2, -0.15) is 0 Å². The fraction of sp³-hybridized carbons (Fsp3) is 0.623. The smallest absolute Gasteiger partial charge is 0.463 e. The van der Waals surface area contributed by atoms with Crippen molar-refractivity contribution in [1.82, 2.24) is 0 Å². The molecule has 0 aliphatic carbocycles. The molecular weight excluding hydrogens is 1240 g/mol. The summed E-state index contributed by atoms with van der Waals surface area (Å²) in [6, 6.07) is 0. The third-order valence-corrected chi connectivity index (χ3v) is 16.1. The molecule has 0 saturated carbocycles. The predicted octanol–water partition coefficient (Wildman–Crippen LogP) is 20.3. The van der Waals surface area contributed by atoms with Gasteiger partial charge in [0, 0.05) is 19.3 Å². The van der Waals surface area contributed by atoms with Crippen molar-refractivity contribution in [3.63, 3.8) is 0 Å². The first-order valence-electron chi connectivity index (χ1n) is 35.8. The van der Waals surface area contributed by atoms with Gasteiger partial charge in [0.15, 0.2) is 6.10 Å². The van der Waals surface area contributed by atoms with E-state index in [1.165, 1.54) is 0 Å². The van der Waals surface area contributed by atoms with Gasteiger partial charge in [0.1, 0.15) is 25.4 Å². The lowest BCUT2D eigenvalue weighted by Crippen LogP contribution is -2.30. The van der Waals surface area contributed by atoms with Crippen LogP contribution in [0.5, 0.6) is 0 Å². The number of hydrogen-bond donors (Lipinski definition) is 4. The third-order valence-electron chi connectivity index (χ3n) is 14.2. The number of hydrogen-bond acceptors (Lipinski definition) is 14. The van der Waals surface area contributed by atoms with E-state index in [-0.39, 0.29) is 19.3 Å². The molecule has 0 radical (unpaired) electrons. The molecule has 4 N–H and O–H groups in total. The van der Waals surface area contributed by atoms with E-state index in [2.05, 4.69) is 179 Å². The summed E-state index contributed by atoms with van der Waals surface area (Å²) in [5.41, 5.74) is 0. The summed E-state index contributed by atoms with van der Waals surface area (Å²) in [5.74, 6) is -1.64. The van der Waals surface area contributed by atoms with E-state index in [0.29, 0.717) is 19.3 Å². The van der Waals surface area contributed by atoms with E-state index in [4.69, 9.17) is 32.3 Å². The van der Waals surface area contributed by atoms with Crippen LogP contribution in [0.25, 0.3) is 0 Å². The topological polar surface area (TPSA) is 231 Å². The Hall–Kier alpha value is -4.83. The van der Waals surface area contributed by atoms with Crippen molar-refractivity contribution in [3.05, 3.63) is 158 Å². The van der Waals surface area contributed by atoms with Crippen LogP contribution in [0.1, 0.15) is 252 Å². The maximum atomic E-state index is 13.0. The van der Waals surface area contributed by atoms with Gasteiger partial charge in [-0.15, -0.1) is 0 Å². The van der Waals surface area contributed by atoms with Crippen molar-refractivity contribution in [2.45, 2.75) is 270 Å². The standard InChI is InChI=1S/C77H126O16P2/c1-4-7-10-13-16-19-22-25-28-31-33-35-37-40-42-45-48-51-54-57-60-63-75(80)87-66-72(78)67-89-94(83,84)90-68-73(79)69-91-95(85,86)92-71-74(93-77(82)65-62-59-56-53-50-47-44-39-30-27-24-21-18-15-12-9-6-3)70-88-76(81)64-61-58-55-52-49-46-43-41-38-36-34-32-29-26-23-20-17-14-11-8-5-2/h7-12,16-21,25-30,33-36,40-43,72-74,78-79H,4-6,13-15,22-24,31-32,37-39,44-71H2,1-3H3,(H,83,84)(H,85,86)/b10-7-,11-8-,12-9-,19-16-,20-17-,21-18-,28-25-,29-26-,30-27-,35-33-,36-34-,42-40-,43-41-. The molecule has 18 heteroatoms. The van der Waals surface area contributed by atoms with Crippen LogP contribution >= 0.6 is 15.6 Å². The molecule has 0 spiro atoms. The normalized spacial score (nSPS) is 15.1. The zero-order chi connectivity index (χ0) is 69.5. The van der Waals surface area contributed by atoms with Gasteiger partial charge in [-0.05, 0) is 141 Å². The summed E-state index contributed by atoms with van der Waals surface area (Å²) >= 11 is 0. The summed E-state index contributed by atoms with van der Waals surface area (Å²) in [5, 5.41) is 20.6. The fourth-order valence-electron chi connectivity index (χ4n) is 8.87. The zero-order valence-corrected chi connectivity index (χ0v) is 60.3. The molecule has 0 bridgehead atoms. The number of unbranched alkanes of at least 4 members (excludes halogenated alkanes) is 17. The molecule has 0 saturated heterocycles. The molecule has 5 unspecified atom stereocenters. The first kappa shape index (κ1) is 90.2. The first-order chi connectivity index (χ1) is 46.2. The second kappa shape index (κ2) is 69.1. The Labute approximate surface area is 574 Å². The minimum Gasteiger partial charge on any atom is -0.463 e. The summed E-state index contributed by atoms with van der Waals surface area (Å²) in [7, 11) is -9.81. The fourth-order valence-corrected chi connectivity index (χ4v) is 10.5. The summed E-state index contributed by atoms with van der Waals surface area (Å²) in [6.07, 6.45) is 84.2. The zero-order valence-electron chi connectivity index (χ0n) is 58.5. The Morgan fingerprint density at radius 1 is 0.295 bits per heavy atom. The molecule has 0 aromatic carbocycles. The van der Waals surface area contributed by atoms with E-state index in [1.807, 2.05) is 0 Å². The van der Waals surface area contributed by atoms with Gasteiger partial charge in [0.05, 0.1) is 26.4 Å². The van der Waals surface area contributed by atoms with E-state index in [9.17, 15) is 43.5 Å². The molecule has 0 aromatic heterocycles. The Morgan fingerprint density at radius 2 is 0.526 bits per heavy atom. The van der Waals surface area contributed by atoms with Gasteiger partial charge in [-0.3, -0.25) is 32.5 Å². The number of ether oxygens (including phenoxy) is 3. The number of esters is 3. The monoisotopic (exact) mass is 1370 g/mol. The van der Waals surface area contributed by atoms with E-state index in [0.717, 1.165) is 193 Å². The third kappa shape index (κ3) is 70.3. The average Bonchev–Trinajstić information content (AvgIpc) is 1.99. The highest BCUT2D eigenvalue weighted by atomic mass is 31.2. The van der Waals surface area contributed by atoms with Gasteiger partial charge in [-0.25, -0.2) is 9.13 Å². The molecule has 16 nitrogen and oxygen atoms in total. The van der Waals surface area contributed by atoms with Crippen molar-refractivity contribution in [2.75, 3.05) is 39.6 Å². The average molecular weight is 1370 g/mol. The Bertz CT molecular complexity index is 2360. The van der Waals surface area contributed by atoms with Crippen LogP contribution in [-0.2, 0) is 55.8 Å². The molecule has 0 fully saturated rings. The number of aliphatic hydroxyl groups is 2. The molecule has 540 valence electrons. The summed E-state index contributed by atoms with van der Waals surface area (Å²) in [6.45, 7) is 2.26. The quantitative estimate of drug-likeness (QED) is 0.0146. The molecule has 0 heterocycles. The maximum absolute atomic E-state index is 13.0. The van der Waals surface area contributed by atoms with E-state index in [1.54, 1.807) is 0 Å². The SMILES string of the molecule is CC/C=C\C/C=C\C/C=C\C/C=C\C/C=C\CCCCCCCC(=O)OCC(O)COP(=O)(O)OCC(O)COP(=O)(O)OCC(COC(=O)CCCCCCC/C=C\C/C=C\C/C=C\C/C=C\C/C=C\CC)OC(=O)CCCCCCCCC/C=C\C/C=C\C/C=C\CC. The minimum atomic E-state index is -4.94. The lowest BCUT2D eigenvalue weighted by molar-refractivity contribution is -0.161. The van der Waals surface area contributed by atoms with Crippen LogP contribution < -0.4 is 0 Å². The number of carbonyl (C=O) groups excluding carboxylic acids is 3. The van der Waals surface area contributed by atoms with Crippen molar-refractivity contribution in [1.29, 1.82) is 0 Å². The van der Waals surface area contributed by atoms with Crippen molar-refractivity contribution in [3.8, 4) is 0 Å². The van der Waals surface area contributed by atoms with Crippen molar-refractivity contribution < 1.29 is 75.8 Å². The van der Waals surface area contributed by atoms with Crippen LogP contribution in [0.2, 0.25) is 0 Å². The Kier molecular flexibility index (Phi) is 65.6. The van der Waals surface area contributed by atoms with E-state index < -0.39 is 91.5 Å². The minimum absolute atomic E-state index is 0.0823. The summed E-state index contributed by atoms with van der Waals surface area (Å²) in [4.78, 5) is 58.5. The molecular formula is C77H126O16P2. The summed E-state index contributed by atoms with van der Waals surface area (Å²) < 4.78 is 61.0. The molecule has 0 rings (SSSR count). The highest BCUT2D eigenvalue weighted by Gasteiger charge is 2.29. The molecule has 0 amide bonds. The second-order valence-corrected chi connectivity index (χ2v) is 26.1. The maximum Gasteiger partial charge on any atom is 0.472 e. The van der Waals surface area contributed by atoms with Crippen LogP contribution in [0.15, 0.2) is 158 Å². The lowest BCUT2D eigenvalue weighted by atomic mass is 10.1. The highest BCUT2D eigenvalue weighted by molar-refractivity contribution is 7.47. The van der Waals surface area contributed by atoms with Crippen LogP contribution in [0.4, 0.5) is 0 Å². The van der Waals surface area contributed by atoms with Gasteiger partial charge >= 0.3 is 33.6 Å². The number of carbonyl (C=O) groups is 3. The Morgan fingerprint density at radius 3 is 0.832 bits per heavy atom. The van der Waals surface area contributed by atoms with Crippen LogP contribution in [0, 0.1) is 0 Å². The van der Waals surface area contributed by atoms with Gasteiger partial charge in [-0.1, -0.05) is 249 Å². The van der Waals surface area contributed by atoms with Crippen molar-refractivity contribution >= 4 is 33.6 Å². The molecule has 0 aromatic rings. The number of aliphatic hydroxyl groups excluding tert-OH is 2. The predicted molar refractivity (Wildman–Crippen MR) is 389 cm³/mol. The first-order valence-corrected chi connectivity index (χ1v) is 38.8. The van der Waals surface area contributed by atoms with E-state index >= 15 is 0 Å². The number of phosphoric acid groups is 2. The van der Waals surface area contributed by atoms with Crippen LogP contribution in [-0.4, -0.2) is 95.9 Å².